The van der Waals surface area contributed by atoms with Crippen LogP contribution in [0.25, 0.3) is 0 Å². The Labute approximate surface area is 100 Å². The lowest BCUT2D eigenvalue weighted by Crippen LogP contribution is -2.44. The van der Waals surface area contributed by atoms with Crippen molar-refractivity contribution in [1.82, 2.24) is 5.32 Å². The first kappa shape index (κ1) is 13.7. The Morgan fingerprint density at radius 3 is 2.88 bits per heavy atom. The molecule has 1 unspecified atom stereocenters. The molecule has 1 fully saturated rings. The van der Waals surface area contributed by atoms with Gasteiger partial charge in [-0.05, 0) is 51.5 Å². The van der Waals surface area contributed by atoms with Crippen molar-refractivity contribution >= 4 is 0 Å². The molecule has 0 amide bonds. The smallest absolute Gasteiger partial charge is 0.0491 e. The van der Waals surface area contributed by atoms with Crippen LogP contribution in [-0.4, -0.2) is 24.3 Å². The highest BCUT2D eigenvalue weighted by atomic mass is 16.3. The van der Waals surface area contributed by atoms with Crippen molar-refractivity contribution in [2.24, 2.45) is 5.41 Å². The number of rotatable bonds is 5. The quantitative estimate of drug-likeness (QED) is 0.705. The van der Waals surface area contributed by atoms with Gasteiger partial charge in [0.15, 0.2) is 0 Å². The van der Waals surface area contributed by atoms with Gasteiger partial charge in [0.25, 0.3) is 0 Å². The predicted molar refractivity (Wildman–Crippen MR) is 69.5 cm³/mol. The lowest BCUT2D eigenvalue weighted by atomic mass is 9.72. The summed E-state index contributed by atoms with van der Waals surface area (Å²) in [5, 5.41) is 13.1. The number of aliphatic hydroxyl groups is 1. The molecule has 0 aromatic rings. The Bertz CT molecular complexity index is 237. The number of hydrogen-bond acceptors (Lipinski definition) is 2. The molecule has 0 aromatic carbocycles. The first-order chi connectivity index (χ1) is 7.62. The van der Waals surface area contributed by atoms with Crippen LogP contribution in [-0.2, 0) is 0 Å². The highest BCUT2D eigenvalue weighted by molar-refractivity contribution is 5.04. The molecule has 1 rings (SSSR count). The standard InChI is InChI=1S/C14H27NO/c1-4-5-6-12(2)9-14(11-16)7-8-15-13(3)10-14/h6,13,15-16H,4-5,7-11H2,1-3H3/b12-6+/t13-,14?/m1/s1. The third kappa shape index (κ3) is 3.91. The summed E-state index contributed by atoms with van der Waals surface area (Å²) in [7, 11) is 0. The summed E-state index contributed by atoms with van der Waals surface area (Å²) in [6.45, 7) is 8.01. The van der Waals surface area contributed by atoms with E-state index >= 15 is 0 Å². The second-order valence-corrected chi connectivity index (χ2v) is 5.48. The van der Waals surface area contributed by atoms with E-state index in [4.69, 9.17) is 0 Å². The summed E-state index contributed by atoms with van der Waals surface area (Å²) < 4.78 is 0. The molecule has 0 spiro atoms. The maximum atomic E-state index is 9.68. The molecule has 0 bridgehead atoms. The summed E-state index contributed by atoms with van der Waals surface area (Å²) in [6, 6.07) is 0.542. The van der Waals surface area contributed by atoms with Crippen LogP contribution >= 0.6 is 0 Å². The minimum absolute atomic E-state index is 0.138. The van der Waals surface area contributed by atoms with Crippen LogP contribution in [0.1, 0.15) is 52.9 Å². The van der Waals surface area contributed by atoms with Gasteiger partial charge in [0.2, 0.25) is 0 Å². The first-order valence-electron chi connectivity index (χ1n) is 6.62. The molecule has 1 aliphatic rings. The zero-order chi connectivity index (χ0) is 12.0. The van der Waals surface area contributed by atoms with E-state index in [9.17, 15) is 5.11 Å². The molecule has 0 aromatic heterocycles. The van der Waals surface area contributed by atoms with Crippen LogP contribution in [0.4, 0.5) is 0 Å². The molecule has 16 heavy (non-hydrogen) atoms. The fraction of sp³-hybridized carbons (Fsp3) is 0.857. The van der Waals surface area contributed by atoms with E-state index in [0.717, 1.165) is 25.8 Å². The fourth-order valence-corrected chi connectivity index (χ4v) is 2.82. The van der Waals surface area contributed by atoms with Crippen molar-refractivity contribution in [3.8, 4) is 0 Å². The van der Waals surface area contributed by atoms with E-state index in [1.54, 1.807) is 0 Å². The van der Waals surface area contributed by atoms with Crippen molar-refractivity contribution in [2.45, 2.75) is 58.9 Å². The van der Waals surface area contributed by atoms with E-state index in [2.05, 4.69) is 32.2 Å². The minimum Gasteiger partial charge on any atom is -0.396 e. The van der Waals surface area contributed by atoms with Gasteiger partial charge >= 0.3 is 0 Å². The number of hydrogen-bond donors (Lipinski definition) is 2. The maximum absolute atomic E-state index is 9.68. The van der Waals surface area contributed by atoms with E-state index in [1.807, 2.05) is 0 Å². The van der Waals surface area contributed by atoms with E-state index in [0.29, 0.717) is 12.6 Å². The van der Waals surface area contributed by atoms with Crippen LogP contribution in [0.3, 0.4) is 0 Å². The van der Waals surface area contributed by atoms with Gasteiger partial charge in [0, 0.05) is 12.6 Å². The first-order valence-corrected chi connectivity index (χ1v) is 6.62. The summed E-state index contributed by atoms with van der Waals surface area (Å²) in [6.07, 6.45) is 7.98. The van der Waals surface area contributed by atoms with Crippen LogP contribution < -0.4 is 5.32 Å². The molecule has 1 aliphatic heterocycles. The van der Waals surface area contributed by atoms with E-state index < -0.39 is 0 Å². The normalized spacial score (nSPS) is 31.8. The molecule has 2 N–H and O–H groups in total. The van der Waals surface area contributed by atoms with E-state index in [-0.39, 0.29) is 5.41 Å². The zero-order valence-corrected chi connectivity index (χ0v) is 11.1. The van der Waals surface area contributed by atoms with Gasteiger partial charge in [-0.25, -0.2) is 0 Å². The third-order valence-electron chi connectivity index (χ3n) is 3.66. The van der Waals surface area contributed by atoms with Crippen LogP contribution in [0, 0.1) is 5.41 Å². The van der Waals surface area contributed by atoms with Crippen molar-refractivity contribution in [3.05, 3.63) is 11.6 Å². The Morgan fingerprint density at radius 1 is 1.56 bits per heavy atom. The molecule has 0 aliphatic carbocycles. The lowest BCUT2D eigenvalue weighted by molar-refractivity contribution is 0.0740. The monoisotopic (exact) mass is 225 g/mol. The fourth-order valence-electron chi connectivity index (χ4n) is 2.82. The van der Waals surface area contributed by atoms with Crippen molar-refractivity contribution in [3.63, 3.8) is 0 Å². The van der Waals surface area contributed by atoms with Crippen LogP contribution in [0.2, 0.25) is 0 Å². The second-order valence-electron chi connectivity index (χ2n) is 5.48. The average Bonchev–Trinajstić information content (AvgIpc) is 2.26. The predicted octanol–water partition coefficient (Wildman–Crippen LogP) is 2.87. The molecule has 0 saturated carbocycles. The van der Waals surface area contributed by atoms with Gasteiger partial charge in [-0.3, -0.25) is 0 Å². The molecule has 94 valence electrons. The molecule has 1 heterocycles. The summed E-state index contributed by atoms with van der Waals surface area (Å²) in [5.74, 6) is 0. The molecule has 2 atom stereocenters. The number of piperidine rings is 1. The van der Waals surface area contributed by atoms with Crippen molar-refractivity contribution in [1.29, 1.82) is 0 Å². The molecule has 2 nitrogen and oxygen atoms in total. The third-order valence-corrected chi connectivity index (χ3v) is 3.66. The largest absolute Gasteiger partial charge is 0.396 e. The number of allylic oxidation sites excluding steroid dienone is 2. The van der Waals surface area contributed by atoms with Crippen LogP contribution in [0.5, 0.6) is 0 Å². The summed E-state index contributed by atoms with van der Waals surface area (Å²) >= 11 is 0. The Kier molecular flexibility index (Phi) is 5.50. The highest BCUT2D eigenvalue weighted by Gasteiger charge is 2.34. The molecule has 2 heteroatoms. The van der Waals surface area contributed by atoms with Crippen LogP contribution in [0.15, 0.2) is 11.6 Å². The summed E-state index contributed by atoms with van der Waals surface area (Å²) in [4.78, 5) is 0. The van der Waals surface area contributed by atoms with Crippen molar-refractivity contribution < 1.29 is 5.11 Å². The molecular formula is C14H27NO. The average molecular weight is 225 g/mol. The molecule has 0 radical (unpaired) electrons. The van der Waals surface area contributed by atoms with Gasteiger partial charge in [-0.2, -0.15) is 0 Å². The molecule has 1 saturated heterocycles. The van der Waals surface area contributed by atoms with Gasteiger partial charge < -0.3 is 10.4 Å². The number of unbranched alkanes of at least 4 members (excludes halogenated alkanes) is 1. The maximum Gasteiger partial charge on any atom is 0.0491 e. The number of nitrogens with one attached hydrogen (secondary N) is 1. The number of aliphatic hydroxyl groups excluding tert-OH is 1. The SMILES string of the molecule is CCC/C=C(\C)CC1(CO)CCN[C@H](C)C1. The van der Waals surface area contributed by atoms with E-state index in [1.165, 1.54) is 18.4 Å². The van der Waals surface area contributed by atoms with Gasteiger partial charge in [-0.15, -0.1) is 0 Å². The zero-order valence-electron chi connectivity index (χ0n) is 11.1. The second kappa shape index (κ2) is 6.41. The topological polar surface area (TPSA) is 32.3 Å². The Balaban J connectivity index is 2.58. The molecular weight excluding hydrogens is 198 g/mol. The Hall–Kier alpha value is -0.340. The lowest BCUT2D eigenvalue weighted by Gasteiger charge is -2.39. The highest BCUT2D eigenvalue weighted by Crippen LogP contribution is 2.37. The van der Waals surface area contributed by atoms with Gasteiger partial charge in [0.05, 0.1) is 0 Å². The van der Waals surface area contributed by atoms with Gasteiger partial charge in [-0.1, -0.05) is 25.0 Å². The minimum atomic E-state index is 0.138. The van der Waals surface area contributed by atoms with Gasteiger partial charge in [0.1, 0.15) is 0 Å². The summed E-state index contributed by atoms with van der Waals surface area (Å²) in [5.41, 5.74) is 1.59. The Morgan fingerprint density at radius 2 is 2.31 bits per heavy atom. The van der Waals surface area contributed by atoms with Crippen molar-refractivity contribution in [2.75, 3.05) is 13.2 Å².